The van der Waals surface area contributed by atoms with E-state index in [4.69, 9.17) is 0 Å². The smallest absolute Gasteiger partial charge is 0.0334 e. The molecule has 98 valence electrons. The third kappa shape index (κ3) is 2.28. The molecule has 2 unspecified atom stereocenters. The normalized spacial score (nSPS) is 48.0. The number of hydrogen-bond donors (Lipinski definition) is 0. The Hall–Kier alpha value is -0.0400. The van der Waals surface area contributed by atoms with Crippen LogP contribution in [0.4, 0.5) is 0 Å². The van der Waals surface area contributed by atoms with Gasteiger partial charge in [-0.2, -0.15) is 0 Å². The van der Waals surface area contributed by atoms with Crippen LogP contribution in [0.25, 0.3) is 0 Å². The zero-order valence-corrected chi connectivity index (χ0v) is 11.8. The first-order valence-corrected chi connectivity index (χ1v) is 7.91. The maximum Gasteiger partial charge on any atom is 0.0334 e. The summed E-state index contributed by atoms with van der Waals surface area (Å²) in [5.74, 6) is 3.21. The van der Waals surface area contributed by atoms with E-state index in [1.807, 2.05) is 0 Å². The van der Waals surface area contributed by atoms with E-state index in [-0.39, 0.29) is 0 Å². The second-order valence-corrected chi connectivity index (χ2v) is 7.22. The highest BCUT2D eigenvalue weighted by atomic mass is 15.3. The molecule has 0 aromatic rings. The summed E-state index contributed by atoms with van der Waals surface area (Å²) in [4.78, 5) is 2.55. The Bertz CT molecular complexity index is 261. The molecule has 2 atom stereocenters. The van der Waals surface area contributed by atoms with Crippen LogP contribution in [0, 0.1) is 17.8 Å². The van der Waals surface area contributed by atoms with E-state index in [9.17, 15) is 0 Å². The summed E-state index contributed by atoms with van der Waals surface area (Å²) in [7, 11) is 2.30. The molecule has 3 aliphatic rings. The molecule has 0 N–H and O–H groups in total. The van der Waals surface area contributed by atoms with Gasteiger partial charge in [0.25, 0.3) is 0 Å². The van der Waals surface area contributed by atoms with Gasteiger partial charge in [0.1, 0.15) is 0 Å². The van der Waals surface area contributed by atoms with E-state index in [2.05, 4.69) is 18.9 Å². The Morgan fingerprint density at radius 2 is 1.35 bits per heavy atom. The van der Waals surface area contributed by atoms with Crippen molar-refractivity contribution in [3.05, 3.63) is 0 Å². The maximum atomic E-state index is 2.55. The fourth-order valence-electron chi connectivity index (χ4n) is 4.70. The Morgan fingerprint density at radius 1 is 0.824 bits per heavy atom. The van der Waals surface area contributed by atoms with Gasteiger partial charge in [0.15, 0.2) is 0 Å². The molecule has 0 bridgehead atoms. The van der Waals surface area contributed by atoms with Crippen molar-refractivity contribution in [1.29, 1.82) is 0 Å². The monoisotopic (exact) mass is 235 g/mol. The highest BCUT2D eigenvalue weighted by molar-refractivity contribution is 5.07. The number of rotatable bonds is 2. The summed E-state index contributed by atoms with van der Waals surface area (Å²) < 4.78 is 0. The van der Waals surface area contributed by atoms with Gasteiger partial charge in [0.05, 0.1) is 0 Å². The number of nitrogens with zero attached hydrogens (tertiary/aromatic N) is 1. The molecule has 1 heteroatoms. The molecular weight excluding hydrogens is 206 g/mol. The third-order valence-electron chi connectivity index (χ3n) is 6.29. The molecular formula is C16H29N. The van der Waals surface area contributed by atoms with Crippen molar-refractivity contribution in [3.8, 4) is 0 Å². The maximum absolute atomic E-state index is 2.55. The molecule has 1 heterocycles. The highest BCUT2D eigenvalue weighted by Crippen LogP contribution is 2.48. The van der Waals surface area contributed by atoms with Crippen LogP contribution in [0.3, 0.4) is 0 Å². The van der Waals surface area contributed by atoms with Crippen molar-refractivity contribution in [3.63, 3.8) is 0 Å². The Labute approximate surface area is 107 Å². The molecule has 0 radical (unpaired) electrons. The second kappa shape index (κ2) is 4.57. The van der Waals surface area contributed by atoms with E-state index in [0.29, 0.717) is 5.54 Å². The standard InChI is InChI=1S/C16H29N/c1-16(12-17(16)2)15-10-8-14(9-11-15)13-6-4-3-5-7-13/h13-15H,3-12H2,1-2H3. The fraction of sp³-hybridized carbons (Fsp3) is 1.00. The van der Waals surface area contributed by atoms with E-state index < -0.39 is 0 Å². The van der Waals surface area contributed by atoms with Crippen LogP contribution >= 0.6 is 0 Å². The molecule has 3 fully saturated rings. The van der Waals surface area contributed by atoms with Gasteiger partial charge in [0, 0.05) is 12.1 Å². The molecule has 17 heavy (non-hydrogen) atoms. The Morgan fingerprint density at radius 3 is 1.88 bits per heavy atom. The second-order valence-electron chi connectivity index (χ2n) is 7.22. The van der Waals surface area contributed by atoms with Crippen LogP contribution in [0.2, 0.25) is 0 Å². The lowest BCUT2D eigenvalue weighted by atomic mass is 9.68. The predicted molar refractivity (Wildman–Crippen MR) is 73.1 cm³/mol. The van der Waals surface area contributed by atoms with E-state index in [1.165, 1.54) is 38.6 Å². The largest absolute Gasteiger partial charge is 0.298 e. The molecule has 1 nitrogen and oxygen atoms in total. The fourth-order valence-corrected chi connectivity index (χ4v) is 4.70. The first-order chi connectivity index (χ1) is 8.20. The van der Waals surface area contributed by atoms with Gasteiger partial charge in [-0.25, -0.2) is 0 Å². The van der Waals surface area contributed by atoms with Gasteiger partial charge >= 0.3 is 0 Å². The third-order valence-corrected chi connectivity index (χ3v) is 6.29. The van der Waals surface area contributed by atoms with Crippen LogP contribution in [0.5, 0.6) is 0 Å². The molecule has 0 aromatic heterocycles. The summed E-state index contributed by atoms with van der Waals surface area (Å²) in [6.07, 6.45) is 13.8. The van der Waals surface area contributed by atoms with E-state index in [0.717, 1.165) is 17.8 Å². The summed E-state index contributed by atoms with van der Waals surface area (Å²) in [6.45, 7) is 3.84. The minimum Gasteiger partial charge on any atom is -0.298 e. The first kappa shape index (κ1) is 12.0. The minimum absolute atomic E-state index is 0.595. The molecule has 2 saturated carbocycles. The van der Waals surface area contributed by atoms with Gasteiger partial charge in [-0.05, 0) is 57.4 Å². The Balaban J connectivity index is 1.50. The summed E-state index contributed by atoms with van der Waals surface area (Å²) in [5, 5.41) is 0. The average molecular weight is 235 g/mol. The zero-order valence-electron chi connectivity index (χ0n) is 11.8. The zero-order chi connectivity index (χ0) is 11.9. The number of likely N-dealkylation sites (N-methyl/N-ethyl adjacent to an activating group) is 1. The predicted octanol–water partition coefficient (Wildman–Crippen LogP) is 4.08. The highest BCUT2D eigenvalue weighted by Gasteiger charge is 2.51. The average Bonchev–Trinajstić information content (AvgIpc) is 3.00. The summed E-state index contributed by atoms with van der Waals surface area (Å²) in [5.41, 5.74) is 0.595. The van der Waals surface area contributed by atoms with Crippen molar-refractivity contribution in [2.45, 2.75) is 70.3 Å². The SMILES string of the molecule is CN1CC1(C)C1CCC(C2CCCCC2)CC1. The molecule has 1 aliphatic heterocycles. The lowest BCUT2D eigenvalue weighted by Gasteiger charge is -2.38. The van der Waals surface area contributed by atoms with Crippen LogP contribution in [-0.4, -0.2) is 24.0 Å². The molecule has 0 aromatic carbocycles. The van der Waals surface area contributed by atoms with Crippen LogP contribution < -0.4 is 0 Å². The summed E-state index contributed by atoms with van der Waals surface area (Å²) >= 11 is 0. The van der Waals surface area contributed by atoms with Crippen molar-refractivity contribution in [2.75, 3.05) is 13.6 Å². The molecule has 1 saturated heterocycles. The van der Waals surface area contributed by atoms with Gasteiger partial charge in [-0.1, -0.05) is 32.1 Å². The van der Waals surface area contributed by atoms with Crippen LogP contribution in [0.15, 0.2) is 0 Å². The topological polar surface area (TPSA) is 3.01 Å². The summed E-state index contributed by atoms with van der Waals surface area (Å²) in [6, 6.07) is 0. The van der Waals surface area contributed by atoms with E-state index in [1.54, 1.807) is 25.7 Å². The van der Waals surface area contributed by atoms with Gasteiger partial charge < -0.3 is 0 Å². The van der Waals surface area contributed by atoms with Crippen molar-refractivity contribution < 1.29 is 0 Å². The first-order valence-electron chi connectivity index (χ1n) is 7.91. The number of hydrogen-bond acceptors (Lipinski definition) is 1. The van der Waals surface area contributed by atoms with Crippen LogP contribution in [-0.2, 0) is 0 Å². The van der Waals surface area contributed by atoms with Crippen molar-refractivity contribution in [1.82, 2.24) is 4.90 Å². The molecule has 3 rings (SSSR count). The molecule has 0 amide bonds. The lowest BCUT2D eigenvalue weighted by molar-refractivity contribution is 0.144. The minimum atomic E-state index is 0.595. The van der Waals surface area contributed by atoms with Gasteiger partial charge in [0.2, 0.25) is 0 Å². The van der Waals surface area contributed by atoms with Gasteiger partial charge in [-0.15, -0.1) is 0 Å². The van der Waals surface area contributed by atoms with Crippen LogP contribution in [0.1, 0.15) is 64.7 Å². The lowest BCUT2D eigenvalue weighted by Crippen LogP contribution is -2.31. The molecule has 2 aliphatic carbocycles. The van der Waals surface area contributed by atoms with Crippen molar-refractivity contribution >= 4 is 0 Å². The van der Waals surface area contributed by atoms with E-state index >= 15 is 0 Å². The van der Waals surface area contributed by atoms with Crippen molar-refractivity contribution in [2.24, 2.45) is 17.8 Å². The quantitative estimate of drug-likeness (QED) is 0.652. The Kier molecular flexibility index (Phi) is 3.23. The molecule has 0 spiro atoms. The van der Waals surface area contributed by atoms with Gasteiger partial charge in [-0.3, -0.25) is 4.90 Å².